The Morgan fingerprint density at radius 3 is 2.63 bits per heavy atom. The molecule has 0 saturated heterocycles. The first kappa shape index (κ1) is 15.3. The molecular formula is C17H33NO. The average Bonchev–Trinajstić information content (AvgIpc) is 2.88. The number of hydrogen-bond donors (Lipinski definition) is 1. The maximum absolute atomic E-state index is 6.24. The molecule has 2 unspecified atom stereocenters. The molecule has 2 atom stereocenters. The van der Waals surface area contributed by atoms with Crippen molar-refractivity contribution in [3.05, 3.63) is 0 Å². The molecular weight excluding hydrogens is 234 g/mol. The summed E-state index contributed by atoms with van der Waals surface area (Å²) in [5.74, 6) is 0.810. The second kappa shape index (κ2) is 7.08. The molecule has 2 nitrogen and oxygen atoms in total. The van der Waals surface area contributed by atoms with Gasteiger partial charge in [0.1, 0.15) is 0 Å². The van der Waals surface area contributed by atoms with Crippen LogP contribution in [0.2, 0.25) is 0 Å². The Hall–Kier alpha value is -0.0800. The van der Waals surface area contributed by atoms with E-state index in [0.717, 1.165) is 18.6 Å². The second-order valence-electron chi connectivity index (χ2n) is 7.08. The standard InChI is InChI=1S/C17H33NO/c1-4-11-18-15-13-16(17(15)9-5-6-10-17)19-12-7-8-14(2)3/h14-16,18H,4-13H2,1-3H3. The monoisotopic (exact) mass is 267 g/mol. The molecule has 0 bridgehead atoms. The molecule has 0 aliphatic heterocycles. The topological polar surface area (TPSA) is 21.3 Å². The summed E-state index contributed by atoms with van der Waals surface area (Å²) in [6.45, 7) is 9.00. The Morgan fingerprint density at radius 2 is 2.00 bits per heavy atom. The third kappa shape index (κ3) is 3.52. The van der Waals surface area contributed by atoms with E-state index in [4.69, 9.17) is 4.74 Å². The molecule has 0 amide bonds. The van der Waals surface area contributed by atoms with Crippen molar-refractivity contribution in [1.82, 2.24) is 5.32 Å². The number of ether oxygens (including phenoxy) is 1. The Labute approximate surface area is 119 Å². The zero-order chi connectivity index (χ0) is 13.7. The maximum Gasteiger partial charge on any atom is 0.0661 e. The molecule has 0 heterocycles. The Morgan fingerprint density at radius 1 is 1.26 bits per heavy atom. The van der Waals surface area contributed by atoms with E-state index in [1.54, 1.807) is 0 Å². The fourth-order valence-corrected chi connectivity index (χ4v) is 4.01. The molecule has 0 aromatic carbocycles. The van der Waals surface area contributed by atoms with Crippen molar-refractivity contribution in [2.75, 3.05) is 13.2 Å². The van der Waals surface area contributed by atoms with Gasteiger partial charge < -0.3 is 10.1 Å². The predicted molar refractivity (Wildman–Crippen MR) is 81.4 cm³/mol. The molecule has 0 radical (unpaired) electrons. The van der Waals surface area contributed by atoms with Crippen LogP contribution in [0.25, 0.3) is 0 Å². The van der Waals surface area contributed by atoms with Crippen molar-refractivity contribution in [3.8, 4) is 0 Å². The van der Waals surface area contributed by atoms with Crippen LogP contribution in [-0.4, -0.2) is 25.3 Å². The van der Waals surface area contributed by atoms with Gasteiger partial charge in [0, 0.05) is 18.1 Å². The van der Waals surface area contributed by atoms with Crippen molar-refractivity contribution in [1.29, 1.82) is 0 Å². The first-order valence-electron chi connectivity index (χ1n) is 8.54. The van der Waals surface area contributed by atoms with E-state index in [1.807, 2.05) is 0 Å². The molecule has 0 aromatic rings. The molecule has 2 rings (SSSR count). The van der Waals surface area contributed by atoms with Gasteiger partial charge in [-0.3, -0.25) is 0 Å². The highest BCUT2D eigenvalue weighted by molar-refractivity contribution is 5.09. The summed E-state index contributed by atoms with van der Waals surface area (Å²) in [4.78, 5) is 0. The minimum absolute atomic E-state index is 0.507. The Kier molecular flexibility index (Phi) is 5.70. The van der Waals surface area contributed by atoms with E-state index < -0.39 is 0 Å². The Balaban J connectivity index is 1.75. The zero-order valence-corrected chi connectivity index (χ0v) is 13.2. The summed E-state index contributed by atoms with van der Waals surface area (Å²) in [7, 11) is 0. The fourth-order valence-electron chi connectivity index (χ4n) is 4.01. The molecule has 1 N–H and O–H groups in total. The van der Waals surface area contributed by atoms with Crippen molar-refractivity contribution in [2.24, 2.45) is 11.3 Å². The maximum atomic E-state index is 6.24. The van der Waals surface area contributed by atoms with Gasteiger partial charge in [-0.1, -0.05) is 33.6 Å². The lowest BCUT2D eigenvalue weighted by molar-refractivity contribution is -0.134. The molecule has 112 valence electrons. The van der Waals surface area contributed by atoms with E-state index in [2.05, 4.69) is 26.1 Å². The van der Waals surface area contributed by atoms with Crippen LogP contribution in [0.4, 0.5) is 0 Å². The molecule has 0 aromatic heterocycles. The molecule has 2 fully saturated rings. The van der Waals surface area contributed by atoms with Gasteiger partial charge in [0.25, 0.3) is 0 Å². The lowest BCUT2D eigenvalue weighted by atomic mass is 9.60. The summed E-state index contributed by atoms with van der Waals surface area (Å²) in [6.07, 6.45) is 11.2. The molecule has 2 saturated carbocycles. The second-order valence-corrected chi connectivity index (χ2v) is 7.08. The summed E-state index contributed by atoms with van der Waals surface area (Å²) in [6, 6.07) is 0.741. The lowest BCUT2D eigenvalue weighted by Gasteiger charge is -2.54. The SMILES string of the molecule is CCCNC1CC(OCCCC(C)C)C12CCCC2. The van der Waals surface area contributed by atoms with E-state index >= 15 is 0 Å². The number of hydrogen-bond acceptors (Lipinski definition) is 2. The predicted octanol–water partition coefficient (Wildman–Crippen LogP) is 4.14. The quantitative estimate of drug-likeness (QED) is 0.667. The van der Waals surface area contributed by atoms with Gasteiger partial charge in [0.2, 0.25) is 0 Å². The van der Waals surface area contributed by atoms with Crippen LogP contribution in [0, 0.1) is 11.3 Å². The highest BCUT2D eigenvalue weighted by Gasteiger charge is 2.56. The van der Waals surface area contributed by atoms with Gasteiger partial charge in [-0.15, -0.1) is 0 Å². The van der Waals surface area contributed by atoms with Gasteiger partial charge in [-0.05, 0) is 51.0 Å². The molecule has 2 aliphatic rings. The van der Waals surface area contributed by atoms with E-state index in [-0.39, 0.29) is 0 Å². The average molecular weight is 267 g/mol. The van der Waals surface area contributed by atoms with Crippen LogP contribution in [0.1, 0.15) is 72.1 Å². The zero-order valence-electron chi connectivity index (χ0n) is 13.2. The summed E-state index contributed by atoms with van der Waals surface area (Å²) in [5.41, 5.74) is 0.507. The highest BCUT2D eigenvalue weighted by Crippen LogP contribution is 2.54. The minimum atomic E-state index is 0.507. The summed E-state index contributed by atoms with van der Waals surface area (Å²) < 4.78 is 6.24. The van der Waals surface area contributed by atoms with E-state index in [9.17, 15) is 0 Å². The molecule has 19 heavy (non-hydrogen) atoms. The smallest absolute Gasteiger partial charge is 0.0661 e. The Bertz CT molecular complexity index is 258. The minimum Gasteiger partial charge on any atom is -0.378 e. The van der Waals surface area contributed by atoms with Gasteiger partial charge in [-0.25, -0.2) is 0 Å². The largest absolute Gasteiger partial charge is 0.378 e. The normalized spacial score (nSPS) is 29.1. The highest BCUT2D eigenvalue weighted by atomic mass is 16.5. The third-order valence-corrected chi connectivity index (χ3v) is 5.21. The van der Waals surface area contributed by atoms with Gasteiger partial charge in [0.05, 0.1) is 6.10 Å². The first-order valence-corrected chi connectivity index (χ1v) is 8.54. The van der Waals surface area contributed by atoms with E-state index in [1.165, 1.54) is 57.9 Å². The lowest BCUT2D eigenvalue weighted by Crippen LogP contribution is -2.62. The molecule has 2 aliphatic carbocycles. The van der Waals surface area contributed by atoms with Crippen LogP contribution < -0.4 is 5.32 Å². The van der Waals surface area contributed by atoms with Crippen molar-refractivity contribution >= 4 is 0 Å². The summed E-state index contributed by atoms with van der Waals surface area (Å²) in [5, 5.41) is 3.76. The van der Waals surface area contributed by atoms with E-state index in [0.29, 0.717) is 11.5 Å². The van der Waals surface area contributed by atoms with Crippen molar-refractivity contribution in [3.63, 3.8) is 0 Å². The fraction of sp³-hybridized carbons (Fsp3) is 1.00. The van der Waals surface area contributed by atoms with Crippen LogP contribution in [0.15, 0.2) is 0 Å². The van der Waals surface area contributed by atoms with Gasteiger partial charge in [-0.2, -0.15) is 0 Å². The molecule has 1 spiro atoms. The number of rotatable bonds is 8. The molecule has 2 heteroatoms. The van der Waals surface area contributed by atoms with Crippen LogP contribution in [-0.2, 0) is 4.74 Å². The van der Waals surface area contributed by atoms with Crippen molar-refractivity contribution in [2.45, 2.75) is 84.3 Å². The summed E-state index contributed by atoms with van der Waals surface area (Å²) >= 11 is 0. The van der Waals surface area contributed by atoms with Crippen LogP contribution in [0.3, 0.4) is 0 Å². The third-order valence-electron chi connectivity index (χ3n) is 5.21. The van der Waals surface area contributed by atoms with Crippen LogP contribution >= 0.6 is 0 Å². The van der Waals surface area contributed by atoms with Crippen molar-refractivity contribution < 1.29 is 4.74 Å². The van der Waals surface area contributed by atoms with Gasteiger partial charge in [0.15, 0.2) is 0 Å². The van der Waals surface area contributed by atoms with Gasteiger partial charge >= 0.3 is 0 Å². The first-order chi connectivity index (χ1) is 9.19. The van der Waals surface area contributed by atoms with Crippen LogP contribution in [0.5, 0.6) is 0 Å². The number of nitrogens with one attached hydrogen (secondary N) is 1.